The van der Waals surface area contributed by atoms with E-state index in [0.29, 0.717) is 23.6 Å². The summed E-state index contributed by atoms with van der Waals surface area (Å²) >= 11 is 3.36. The van der Waals surface area contributed by atoms with Gasteiger partial charge in [-0.05, 0) is 42.8 Å². The largest absolute Gasteiger partial charge is 0.487 e. The molecule has 0 saturated heterocycles. The average molecular weight is 346 g/mol. The van der Waals surface area contributed by atoms with Crippen molar-refractivity contribution in [2.45, 2.75) is 6.92 Å². The first kappa shape index (κ1) is 15.3. The lowest BCUT2D eigenvalue weighted by Crippen LogP contribution is -2.13. The summed E-state index contributed by atoms with van der Waals surface area (Å²) in [5.74, 6) is 0.450. The lowest BCUT2D eigenvalue weighted by atomic mass is 10.2. The van der Waals surface area contributed by atoms with Gasteiger partial charge in [-0.25, -0.2) is 0 Å². The first-order chi connectivity index (χ1) is 10.1. The van der Waals surface area contributed by atoms with Crippen molar-refractivity contribution in [3.05, 3.63) is 70.7 Å². The second-order valence-corrected chi connectivity index (χ2v) is 5.62. The molecule has 4 heteroatoms. The van der Waals surface area contributed by atoms with Crippen molar-refractivity contribution in [1.82, 2.24) is 0 Å². The number of halogens is 1. The van der Waals surface area contributed by atoms with Crippen LogP contribution in [0, 0.1) is 0 Å². The molecular formula is C17H16BrNO2. The summed E-state index contributed by atoms with van der Waals surface area (Å²) in [4.78, 5) is 12.3. The molecule has 0 aliphatic carbocycles. The van der Waals surface area contributed by atoms with E-state index < -0.39 is 0 Å². The molecule has 0 unspecified atom stereocenters. The monoisotopic (exact) mass is 345 g/mol. The van der Waals surface area contributed by atoms with Crippen LogP contribution in [0.3, 0.4) is 0 Å². The number of carbonyl (C=O) groups excluding carboxylic acids is 1. The van der Waals surface area contributed by atoms with E-state index in [1.807, 2.05) is 43.3 Å². The third-order valence-corrected chi connectivity index (χ3v) is 3.19. The Bertz CT molecular complexity index is 667. The summed E-state index contributed by atoms with van der Waals surface area (Å²) in [6.07, 6.45) is 0. The zero-order chi connectivity index (χ0) is 15.2. The number of ether oxygens (including phenoxy) is 1. The van der Waals surface area contributed by atoms with Crippen molar-refractivity contribution in [3.63, 3.8) is 0 Å². The lowest BCUT2D eigenvalue weighted by Gasteiger charge is -2.12. The predicted octanol–water partition coefficient (Wildman–Crippen LogP) is 4.66. The summed E-state index contributed by atoms with van der Waals surface area (Å²) in [6.45, 7) is 6.11. The Morgan fingerprint density at radius 1 is 1.24 bits per heavy atom. The number of nitrogens with one attached hydrogen (secondary N) is 1. The molecule has 0 bridgehead atoms. The molecule has 3 nitrogen and oxygen atoms in total. The molecule has 2 aromatic carbocycles. The standard InChI is InChI=1S/C17H16BrNO2/c1-12(2)11-21-16-9-4-3-8-15(16)19-17(20)13-6-5-7-14(18)10-13/h3-10H,1,11H2,2H3,(H,19,20). The fourth-order valence-corrected chi connectivity index (χ4v) is 2.12. The van der Waals surface area contributed by atoms with Crippen molar-refractivity contribution in [1.29, 1.82) is 0 Å². The number of anilines is 1. The number of para-hydroxylation sites is 2. The van der Waals surface area contributed by atoms with E-state index in [9.17, 15) is 4.79 Å². The van der Waals surface area contributed by atoms with Gasteiger partial charge in [0.25, 0.3) is 5.91 Å². The molecule has 0 saturated carbocycles. The van der Waals surface area contributed by atoms with Gasteiger partial charge in [-0.2, -0.15) is 0 Å². The SMILES string of the molecule is C=C(C)COc1ccccc1NC(=O)c1cccc(Br)c1. The molecule has 0 atom stereocenters. The van der Waals surface area contributed by atoms with Crippen molar-refractivity contribution < 1.29 is 9.53 Å². The summed E-state index contributed by atoms with van der Waals surface area (Å²) in [5.41, 5.74) is 2.14. The van der Waals surface area contributed by atoms with Crippen molar-refractivity contribution in [2.75, 3.05) is 11.9 Å². The number of benzene rings is 2. The van der Waals surface area contributed by atoms with Crippen LogP contribution in [0.5, 0.6) is 5.75 Å². The number of carbonyl (C=O) groups is 1. The molecule has 0 radical (unpaired) electrons. The zero-order valence-corrected chi connectivity index (χ0v) is 13.3. The molecule has 1 amide bonds. The van der Waals surface area contributed by atoms with Gasteiger partial charge in [-0.3, -0.25) is 4.79 Å². The van der Waals surface area contributed by atoms with E-state index in [4.69, 9.17) is 4.74 Å². The Labute approximate surface area is 132 Å². The second kappa shape index (κ2) is 7.09. The molecule has 0 aromatic heterocycles. The smallest absolute Gasteiger partial charge is 0.255 e. The molecule has 1 N–H and O–H groups in total. The van der Waals surface area contributed by atoms with E-state index in [0.717, 1.165) is 10.0 Å². The highest BCUT2D eigenvalue weighted by molar-refractivity contribution is 9.10. The first-order valence-electron chi connectivity index (χ1n) is 6.49. The van der Waals surface area contributed by atoms with Crippen LogP contribution in [0.25, 0.3) is 0 Å². The van der Waals surface area contributed by atoms with Crippen molar-refractivity contribution in [2.24, 2.45) is 0 Å². The third kappa shape index (κ3) is 4.46. The summed E-state index contributed by atoms with van der Waals surface area (Å²) in [7, 11) is 0. The first-order valence-corrected chi connectivity index (χ1v) is 7.28. The second-order valence-electron chi connectivity index (χ2n) is 4.71. The molecule has 2 aromatic rings. The Morgan fingerprint density at radius 2 is 2.00 bits per heavy atom. The molecule has 0 aliphatic rings. The Balaban J connectivity index is 2.15. The van der Waals surface area contributed by atoms with E-state index in [-0.39, 0.29) is 5.91 Å². The molecule has 2 rings (SSSR count). The molecular weight excluding hydrogens is 330 g/mol. The molecule has 0 heterocycles. The quantitative estimate of drug-likeness (QED) is 0.800. The van der Waals surface area contributed by atoms with Gasteiger partial charge >= 0.3 is 0 Å². The van der Waals surface area contributed by atoms with Crippen molar-refractivity contribution >= 4 is 27.5 Å². The van der Waals surface area contributed by atoms with Gasteiger partial charge in [0, 0.05) is 10.0 Å². The van der Waals surface area contributed by atoms with Crippen LogP contribution < -0.4 is 10.1 Å². The van der Waals surface area contributed by atoms with Crippen LogP contribution in [0.15, 0.2) is 65.2 Å². The Morgan fingerprint density at radius 3 is 2.71 bits per heavy atom. The van der Waals surface area contributed by atoms with Crippen LogP contribution in [0.4, 0.5) is 5.69 Å². The van der Waals surface area contributed by atoms with Crippen LogP contribution in [0.1, 0.15) is 17.3 Å². The third-order valence-electron chi connectivity index (χ3n) is 2.70. The van der Waals surface area contributed by atoms with E-state index in [1.165, 1.54) is 0 Å². The van der Waals surface area contributed by atoms with Gasteiger partial charge in [0.1, 0.15) is 12.4 Å². The van der Waals surface area contributed by atoms with E-state index >= 15 is 0 Å². The van der Waals surface area contributed by atoms with Crippen molar-refractivity contribution in [3.8, 4) is 5.75 Å². The van der Waals surface area contributed by atoms with E-state index in [1.54, 1.807) is 12.1 Å². The Hall–Kier alpha value is -2.07. The van der Waals surface area contributed by atoms with Gasteiger partial charge in [-0.1, -0.05) is 40.7 Å². The molecule has 0 spiro atoms. The number of amides is 1. The van der Waals surface area contributed by atoms with Gasteiger partial charge in [0.15, 0.2) is 0 Å². The fraction of sp³-hybridized carbons (Fsp3) is 0.118. The minimum absolute atomic E-state index is 0.178. The summed E-state index contributed by atoms with van der Waals surface area (Å²) < 4.78 is 6.50. The maximum atomic E-state index is 12.3. The normalized spacial score (nSPS) is 10.0. The van der Waals surface area contributed by atoms with Crippen LogP contribution in [0.2, 0.25) is 0 Å². The molecule has 21 heavy (non-hydrogen) atoms. The van der Waals surface area contributed by atoms with Gasteiger partial charge in [-0.15, -0.1) is 0 Å². The van der Waals surface area contributed by atoms with Crippen LogP contribution in [-0.2, 0) is 0 Å². The van der Waals surface area contributed by atoms with E-state index in [2.05, 4.69) is 27.8 Å². The fourth-order valence-electron chi connectivity index (χ4n) is 1.72. The average Bonchev–Trinajstić information content (AvgIpc) is 2.46. The summed E-state index contributed by atoms with van der Waals surface area (Å²) in [6, 6.07) is 14.6. The number of hydrogen-bond acceptors (Lipinski definition) is 2. The highest BCUT2D eigenvalue weighted by Gasteiger charge is 2.10. The predicted molar refractivity (Wildman–Crippen MR) is 88.8 cm³/mol. The van der Waals surface area contributed by atoms with Gasteiger partial charge in [0.2, 0.25) is 0 Å². The maximum absolute atomic E-state index is 12.3. The molecule has 108 valence electrons. The minimum atomic E-state index is -0.178. The topological polar surface area (TPSA) is 38.3 Å². The van der Waals surface area contributed by atoms with Gasteiger partial charge < -0.3 is 10.1 Å². The van der Waals surface area contributed by atoms with Crippen LogP contribution >= 0.6 is 15.9 Å². The van der Waals surface area contributed by atoms with Gasteiger partial charge in [0.05, 0.1) is 5.69 Å². The number of rotatable bonds is 5. The summed E-state index contributed by atoms with van der Waals surface area (Å²) in [5, 5.41) is 2.86. The zero-order valence-electron chi connectivity index (χ0n) is 11.7. The number of hydrogen-bond donors (Lipinski definition) is 1. The minimum Gasteiger partial charge on any atom is -0.487 e. The Kier molecular flexibility index (Phi) is 5.17. The maximum Gasteiger partial charge on any atom is 0.255 e. The lowest BCUT2D eigenvalue weighted by molar-refractivity contribution is 0.102. The molecule has 0 fully saturated rings. The molecule has 0 aliphatic heterocycles. The highest BCUT2D eigenvalue weighted by atomic mass is 79.9. The highest BCUT2D eigenvalue weighted by Crippen LogP contribution is 2.25. The van der Waals surface area contributed by atoms with Crippen LogP contribution in [-0.4, -0.2) is 12.5 Å².